The van der Waals surface area contributed by atoms with Crippen molar-refractivity contribution >= 4 is 27.6 Å². The second-order valence-electron chi connectivity index (χ2n) is 2.46. The summed E-state index contributed by atoms with van der Waals surface area (Å²) in [4.78, 5) is 60.9. The first-order chi connectivity index (χ1) is 9.38. The number of hydrogen-bond donors (Lipinski definition) is 8. The summed E-state index contributed by atoms with van der Waals surface area (Å²) in [6.07, 6.45) is 0. The van der Waals surface area contributed by atoms with Crippen molar-refractivity contribution in [2.75, 3.05) is 13.2 Å². The number of carbonyl (C=O) groups is 2. The molecule has 23 heavy (non-hydrogen) atoms. The summed E-state index contributed by atoms with van der Waals surface area (Å²) in [5.74, 6) is -2.17. The van der Waals surface area contributed by atoms with Crippen LogP contribution >= 0.6 is 15.6 Å². The first-order valence-electron chi connectivity index (χ1n) is 4.51. The number of carbonyl (C=O) groups excluding carboxylic acids is 2. The van der Waals surface area contributed by atoms with Crippen LogP contribution in [0.4, 0.5) is 0 Å². The summed E-state index contributed by atoms with van der Waals surface area (Å²) in [7, 11) is -9.28. The van der Waals surface area contributed by atoms with Gasteiger partial charge in [-0.1, -0.05) is 0 Å². The average molecular weight is 435 g/mol. The molecule has 0 unspecified atom stereocenters. The first-order valence-corrected chi connectivity index (χ1v) is 7.64. The van der Waals surface area contributed by atoms with Gasteiger partial charge in [-0.15, -0.1) is 0 Å². The molecular weight excluding hydrogens is 417 g/mol. The number of aliphatic hydroxyl groups is 2. The van der Waals surface area contributed by atoms with Gasteiger partial charge in [0.1, 0.15) is 0 Å². The van der Waals surface area contributed by atoms with Crippen molar-refractivity contribution < 1.29 is 85.3 Å². The zero-order valence-corrected chi connectivity index (χ0v) is 14.5. The monoisotopic (exact) mass is 435 g/mol. The molecule has 0 aromatic rings. The fourth-order valence-corrected chi connectivity index (χ4v) is 0. The third kappa shape index (κ3) is 24100. The Morgan fingerprint density at radius 2 is 0.783 bits per heavy atom. The predicted molar refractivity (Wildman–Crippen MR) is 64.1 cm³/mol. The minimum atomic E-state index is -4.64. The number of aliphatic hydroxyl groups excluding tert-OH is 2. The van der Waals surface area contributed by atoms with Gasteiger partial charge in [0.15, 0.2) is 0 Å². The molecule has 0 heterocycles. The molecule has 0 aliphatic rings. The Morgan fingerprint density at radius 1 is 0.739 bits per heavy atom. The summed E-state index contributed by atoms with van der Waals surface area (Å²) < 4.78 is 17.8. The first kappa shape index (κ1) is 38.3. The van der Waals surface area contributed by atoms with Crippen molar-refractivity contribution in [3.63, 3.8) is 0 Å². The van der Waals surface area contributed by atoms with Crippen LogP contribution in [0.15, 0.2) is 0 Å². The van der Waals surface area contributed by atoms with Crippen LogP contribution in [-0.2, 0) is 35.5 Å². The van der Waals surface area contributed by atoms with E-state index in [1.807, 2.05) is 0 Å². The minimum Gasteiger partial charge on any atom is -0.550 e. The second-order valence-corrected chi connectivity index (χ2v) is 4.51. The van der Waals surface area contributed by atoms with Crippen LogP contribution in [0, 0.1) is 0 Å². The van der Waals surface area contributed by atoms with E-state index in [0.717, 1.165) is 13.8 Å². The molecule has 0 amide bonds. The van der Waals surface area contributed by atoms with Gasteiger partial charge in [-0.3, -0.25) is 0 Å². The molecule has 145 valence electrons. The smallest absolute Gasteiger partial charge is 0.550 e. The Bertz CT molecular complexity index is 289. The molecule has 8 N–H and O–H groups in total. The number of phosphoric acid groups is 2. The molecule has 0 saturated heterocycles. The molecular formula is C6H18CoO14P2. The summed E-state index contributed by atoms with van der Waals surface area (Å²) in [6.45, 7) is 1.69. The van der Waals surface area contributed by atoms with Gasteiger partial charge in [-0.05, 0) is 13.8 Å². The SMILES string of the molecule is CC(=O)[O-].CC(=O)[O-].O=P(O)(O)O.O=P(O)(O)O.OCCO.[Co+2]. The predicted octanol–water partition coefficient (Wildman–Crippen LogP) is -5.38. The Balaban J connectivity index is -0.0000000390. The minimum absolute atomic E-state index is 0. The zero-order valence-electron chi connectivity index (χ0n) is 11.7. The van der Waals surface area contributed by atoms with Gasteiger partial charge in [0, 0.05) is 11.9 Å². The molecule has 0 saturated carbocycles. The molecule has 0 fully saturated rings. The van der Waals surface area contributed by atoms with Crippen LogP contribution in [0.3, 0.4) is 0 Å². The molecule has 0 bridgehead atoms. The molecule has 14 nitrogen and oxygen atoms in total. The van der Waals surface area contributed by atoms with Gasteiger partial charge in [0.2, 0.25) is 0 Å². The maximum absolute atomic E-state index is 8.89. The topological polar surface area (TPSA) is 276 Å². The van der Waals surface area contributed by atoms with E-state index in [9.17, 15) is 0 Å². The number of carboxylic acids is 2. The van der Waals surface area contributed by atoms with Gasteiger partial charge < -0.3 is 59.4 Å². The van der Waals surface area contributed by atoms with Gasteiger partial charge >= 0.3 is 32.4 Å². The number of hydrogen-bond acceptors (Lipinski definition) is 8. The zero-order chi connectivity index (χ0) is 19.6. The Morgan fingerprint density at radius 3 is 0.783 bits per heavy atom. The number of aliphatic carboxylic acids is 2. The van der Waals surface area contributed by atoms with E-state index in [0.29, 0.717) is 0 Å². The largest absolute Gasteiger partial charge is 2.00 e. The van der Waals surface area contributed by atoms with Crippen LogP contribution < -0.4 is 10.2 Å². The van der Waals surface area contributed by atoms with E-state index in [-0.39, 0.29) is 30.0 Å². The molecule has 0 aliphatic heterocycles. The van der Waals surface area contributed by atoms with Gasteiger partial charge in [0.05, 0.1) is 13.2 Å². The molecule has 0 rings (SSSR count). The van der Waals surface area contributed by atoms with Crippen molar-refractivity contribution in [3.8, 4) is 0 Å². The molecule has 0 aromatic carbocycles. The van der Waals surface area contributed by atoms with Gasteiger partial charge in [-0.25, -0.2) is 9.13 Å². The van der Waals surface area contributed by atoms with Crippen molar-refractivity contribution in [3.05, 3.63) is 0 Å². The van der Waals surface area contributed by atoms with Crippen molar-refractivity contribution in [2.24, 2.45) is 0 Å². The molecule has 0 aliphatic carbocycles. The summed E-state index contributed by atoms with van der Waals surface area (Å²) in [6, 6.07) is 0. The third-order valence-corrected chi connectivity index (χ3v) is 0.1000. The number of carboxylic acid groups (broad SMARTS) is 2. The number of rotatable bonds is 1. The van der Waals surface area contributed by atoms with Crippen molar-refractivity contribution in [1.29, 1.82) is 0 Å². The van der Waals surface area contributed by atoms with E-state index in [1.54, 1.807) is 0 Å². The van der Waals surface area contributed by atoms with Crippen LogP contribution in [0.1, 0.15) is 13.8 Å². The standard InChI is InChI=1S/2C2H4O2.C2H6O2.Co.2H3O4P/c2*1-2(3)4;3-1-2-4;;2*1-5(2,3)4/h2*1H3,(H,3,4);3-4H,1-2H2;;2*(H3,1,2,3,4)/q;;;+2;;/p-2. The molecule has 17 heteroatoms. The summed E-state index contributed by atoms with van der Waals surface area (Å²) >= 11 is 0. The molecule has 0 atom stereocenters. The van der Waals surface area contributed by atoms with E-state index in [2.05, 4.69) is 0 Å². The summed E-state index contributed by atoms with van der Waals surface area (Å²) in [5, 5.41) is 33.0. The van der Waals surface area contributed by atoms with E-state index in [1.165, 1.54) is 0 Å². The van der Waals surface area contributed by atoms with E-state index < -0.39 is 27.6 Å². The molecule has 0 aromatic heterocycles. The quantitative estimate of drug-likeness (QED) is 0.179. The van der Waals surface area contributed by atoms with E-state index in [4.69, 9.17) is 68.5 Å². The second kappa shape index (κ2) is 23.8. The van der Waals surface area contributed by atoms with Crippen LogP contribution in [0.5, 0.6) is 0 Å². The third-order valence-electron chi connectivity index (χ3n) is 0.1000. The van der Waals surface area contributed by atoms with Gasteiger partial charge in [-0.2, -0.15) is 0 Å². The molecule has 0 spiro atoms. The Labute approximate surface area is 140 Å². The average Bonchev–Trinajstić information content (AvgIpc) is 2.09. The van der Waals surface area contributed by atoms with Crippen LogP contribution in [-0.4, -0.2) is 64.7 Å². The van der Waals surface area contributed by atoms with Gasteiger partial charge in [0.25, 0.3) is 0 Å². The fourth-order valence-electron chi connectivity index (χ4n) is 0. The van der Waals surface area contributed by atoms with Crippen LogP contribution in [0.2, 0.25) is 0 Å². The van der Waals surface area contributed by atoms with Crippen molar-refractivity contribution in [1.82, 2.24) is 0 Å². The Hall–Kier alpha value is -0.414. The maximum Gasteiger partial charge on any atom is 2.00 e. The maximum atomic E-state index is 8.89. The van der Waals surface area contributed by atoms with E-state index >= 15 is 0 Å². The van der Waals surface area contributed by atoms with Crippen LogP contribution in [0.25, 0.3) is 0 Å². The fraction of sp³-hybridized carbons (Fsp3) is 0.667. The summed E-state index contributed by atoms with van der Waals surface area (Å²) in [5.41, 5.74) is 0. The normalized spacial score (nSPS) is 8.61. The van der Waals surface area contributed by atoms with Crippen molar-refractivity contribution in [2.45, 2.75) is 13.8 Å². The Kier molecular flexibility index (Phi) is 39.7. The molecule has 1 radical (unpaired) electrons.